The van der Waals surface area contributed by atoms with Crippen LogP contribution in [-0.2, 0) is 4.79 Å². The molecule has 3 rings (SSSR count). The third-order valence-electron chi connectivity index (χ3n) is 5.33. The quantitative estimate of drug-likeness (QED) is 0.890. The highest BCUT2D eigenvalue weighted by atomic mass is 16.2. The van der Waals surface area contributed by atoms with Gasteiger partial charge in [-0.25, -0.2) is 4.98 Å². The molecule has 3 unspecified atom stereocenters. The Kier molecular flexibility index (Phi) is 4.29. The number of carbonyl (C=O) groups excluding carboxylic acids is 1. The molecule has 3 atom stereocenters. The van der Waals surface area contributed by atoms with Crippen molar-refractivity contribution in [2.75, 3.05) is 13.1 Å². The zero-order chi connectivity index (χ0) is 14.7. The average molecular weight is 290 g/mol. The number of imidazole rings is 1. The minimum atomic E-state index is -0.208. The van der Waals surface area contributed by atoms with Crippen LogP contribution >= 0.6 is 0 Å². The summed E-state index contributed by atoms with van der Waals surface area (Å²) in [4.78, 5) is 17.0. The van der Waals surface area contributed by atoms with Crippen LogP contribution < -0.4 is 10.6 Å². The van der Waals surface area contributed by atoms with Crippen molar-refractivity contribution in [3.05, 3.63) is 18.7 Å². The fourth-order valence-corrected chi connectivity index (χ4v) is 3.88. The Bertz CT molecular complexity index is 465. The van der Waals surface area contributed by atoms with Crippen LogP contribution in [0.2, 0.25) is 0 Å². The molecule has 21 heavy (non-hydrogen) atoms. The van der Waals surface area contributed by atoms with Gasteiger partial charge in [-0.1, -0.05) is 6.92 Å². The summed E-state index contributed by atoms with van der Waals surface area (Å²) in [5.74, 6) is 0.245. The first kappa shape index (κ1) is 14.6. The van der Waals surface area contributed by atoms with Crippen LogP contribution in [0.5, 0.6) is 0 Å². The number of carbonyl (C=O) groups is 1. The van der Waals surface area contributed by atoms with Crippen LogP contribution in [-0.4, -0.2) is 34.6 Å². The molecule has 5 nitrogen and oxygen atoms in total. The predicted octanol–water partition coefficient (Wildman–Crippen LogP) is 1.87. The second-order valence-electron chi connectivity index (χ2n) is 6.50. The van der Waals surface area contributed by atoms with Crippen LogP contribution in [0, 0.1) is 5.41 Å². The van der Waals surface area contributed by atoms with Crippen molar-refractivity contribution >= 4 is 5.91 Å². The van der Waals surface area contributed by atoms with Crippen molar-refractivity contribution in [3.8, 4) is 0 Å². The van der Waals surface area contributed by atoms with Crippen molar-refractivity contribution in [1.29, 1.82) is 0 Å². The molecule has 0 bridgehead atoms. The Morgan fingerprint density at radius 3 is 3.05 bits per heavy atom. The van der Waals surface area contributed by atoms with Gasteiger partial charge in [0, 0.05) is 25.0 Å². The van der Waals surface area contributed by atoms with Gasteiger partial charge in [0.15, 0.2) is 0 Å². The first-order chi connectivity index (χ1) is 10.2. The standard InChI is InChI=1S/C16H26N4O/c1-2-16(7-4-8-17-11-16)15(21)19-13-5-3-6-14(13)20-10-9-18-12-20/h9-10,12-14,17H,2-8,11H2,1H3,(H,19,21). The molecule has 116 valence electrons. The minimum Gasteiger partial charge on any atom is -0.351 e. The lowest BCUT2D eigenvalue weighted by Crippen LogP contribution is -2.53. The number of piperidine rings is 1. The van der Waals surface area contributed by atoms with E-state index in [9.17, 15) is 4.79 Å². The number of aromatic nitrogens is 2. The Labute approximate surface area is 126 Å². The highest BCUT2D eigenvalue weighted by Crippen LogP contribution is 2.34. The van der Waals surface area contributed by atoms with Gasteiger partial charge < -0.3 is 15.2 Å². The molecule has 1 aliphatic carbocycles. The molecule has 1 amide bonds. The lowest BCUT2D eigenvalue weighted by atomic mass is 9.77. The maximum Gasteiger partial charge on any atom is 0.227 e. The van der Waals surface area contributed by atoms with Gasteiger partial charge in [-0.05, 0) is 45.1 Å². The van der Waals surface area contributed by atoms with Gasteiger partial charge in [0.05, 0.1) is 17.8 Å². The fraction of sp³-hybridized carbons (Fsp3) is 0.750. The van der Waals surface area contributed by atoms with Gasteiger partial charge in [-0.15, -0.1) is 0 Å². The first-order valence-electron chi connectivity index (χ1n) is 8.24. The highest BCUT2D eigenvalue weighted by molar-refractivity contribution is 5.83. The molecular formula is C16H26N4O. The lowest BCUT2D eigenvalue weighted by molar-refractivity contribution is -0.133. The molecule has 1 aromatic rings. The number of hydrogen-bond acceptors (Lipinski definition) is 3. The van der Waals surface area contributed by atoms with E-state index in [1.165, 1.54) is 6.42 Å². The van der Waals surface area contributed by atoms with E-state index in [0.29, 0.717) is 6.04 Å². The molecule has 0 spiro atoms. The smallest absolute Gasteiger partial charge is 0.227 e. The van der Waals surface area contributed by atoms with E-state index in [1.54, 1.807) is 0 Å². The van der Waals surface area contributed by atoms with Crippen molar-refractivity contribution in [2.45, 2.75) is 57.5 Å². The van der Waals surface area contributed by atoms with Crippen LogP contribution in [0.25, 0.3) is 0 Å². The van der Waals surface area contributed by atoms with E-state index in [4.69, 9.17) is 0 Å². The van der Waals surface area contributed by atoms with E-state index in [-0.39, 0.29) is 17.4 Å². The molecule has 2 fully saturated rings. The van der Waals surface area contributed by atoms with E-state index in [1.807, 2.05) is 18.7 Å². The molecule has 1 saturated carbocycles. The van der Waals surface area contributed by atoms with Gasteiger partial charge >= 0.3 is 0 Å². The summed E-state index contributed by atoms with van der Waals surface area (Å²) in [6.07, 6.45) is 12.1. The Morgan fingerprint density at radius 1 is 1.48 bits per heavy atom. The number of nitrogens with one attached hydrogen (secondary N) is 2. The molecule has 2 aliphatic rings. The maximum atomic E-state index is 12.8. The van der Waals surface area contributed by atoms with Crippen LogP contribution in [0.1, 0.15) is 51.5 Å². The van der Waals surface area contributed by atoms with E-state index < -0.39 is 0 Å². The topological polar surface area (TPSA) is 59.0 Å². The fourth-order valence-electron chi connectivity index (χ4n) is 3.88. The largest absolute Gasteiger partial charge is 0.351 e. The third-order valence-corrected chi connectivity index (χ3v) is 5.33. The molecule has 0 aromatic carbocycles. The monoisotopic (exact) mass is 290 g/mol. The van der Waals surface area contributed by atoms with Crippen molar-refractivity contribution in [1.82, 2.24) is 20.2 Å². The number of hydrogen-bond donors (Lipinski definition) is 2. The van der Waals surface area contributed by atoms with Gasteiger partial charge in [-0.2, -0.15) is 0 Å². The van der Waals surface area contributed by atoms with Crippen LogP contribution in [0.15, 0.2) is 18.7 Å². The normalized spacial score (nSPS) is 33.0. The number of amides is 1. The maximum absolute atomic E-state index is 12.8. The molecular weight excluding hydrogens is 264 g/mol. The Hall–Kier alpha value is -1.36. The van der Waals surface area contributed by atoms with Gasteiger partial charge in [0.1, 0.15) is 0 Å². The summed E-state index contributed by atoms with van der Waals surface area (Å²) < 4.78 is 2.15. The second-order valence-corrected chi connectivity index (χ2v) is 6.50. The summed E-state index contributed by atoms with van der Waals surface area (Å²) in [6, 6.07) is 0.610. The first-order valence-corrected chi connectivity index (χ1v) is 8.24. The summed E-state index contributed by atoms with van der Waals surface area (Å²) in [5, 5.41) is 6.75. The zero-order valence-corrected chi connectivity index (χ0v) is 12.8. The van der Waals surface area contributed by atoms with Crippen LogP contribution in [0.4, 0.5) is 0 Å². The summed E-state index contributed by atoms with van der Waals surface area (Å²) in [7, 11) is 0. The molecule has 5 heteroatoms. The van der Waals surface area contributed by atoms with Gasteiger partial charge in [-0.3, -0.25) is 4.79 Å². The van der Waals surface area contributed by atoms with Crippen molar-refractivity contribution in [2.24, 2.45) is 5.41 Å². The van der Waals surface area contributed by atoms with Gasteiger partial charge in [0.25, 0.3) is 0 Å². The molecule has 1 aliphatic heterocycles. The summed E-state index contributed by atoms with van der Waals surface area (Å²) in [5.41, 5.74) is -0.208. The van der Waals surface area contributed by atoms with E-state index in [2.05, 4.69) is 27.1 Å². The van der Waals surface area contributed by atoms with Crippen molar-refractivity contribution < 1.29 is 4.79 Å². The SMILES string of the molecule is CCC1(C(=O)NC2CCCC2n2ccnc2)CCCNC1. The van der Waals surface area contributed by atoms with E-state index >= 15 is 0 Å². The van der Waals surface area contributed by atoms with Crippen LogP contribution in [0.3, 0.4) is 0 Å². The molecule has 1 saturated heterocycles. The zero-order valence-electron chi connectivity index (χ0n) is 12.8. The minimum absolute atomic E-state index is 0.208. The molecule has 1 aromatic heterocycles. The number of rotatable bonds is 4. The predicted molar refractivity (Wildman–Crippen MR) is 81.9 cm³/mol. The molecule has 2 N–H and O–H groups in total. The second kappa shape index (κ2) is 6.18. The number of nitrogens with zero attached hydrogens (tertiary/aromatic N) is 2. The molecule has 2 heterocycles. The van der Waals surface area contributed by atoms with Crippen molar-refractivity contribution in [3.63, 3.8) is 0 Å². The third kappa shape index (κ3) is 2.84. The average Bonchev–Trinajstić information content (AvgIpc) is 3.18. The van der Waals surface area contributed by atoms with Gasteiger partial charge in [0.2, 0.25) is 5.91 Å². The molecule has 0 radical (unpaired) electrons. The summed E-state index contributed by atoms with van der Waals surface area (Å²) >= 11 is 0. The summed E-state index contributed by atoms with van der Waals surface area (Å²) in [6.45, 7) is 3.99. The lowest BCUT2D eigenvalue weighted by Gasteiger charge is -2.37. The Morgan fingerprint density at radius 2 is 2.38 bits per heavy atom. The highest BCUT2D eigenvalue weighted by Gasteiger charge is 2.40. The van der Waals surface area contributed by atoms with E-state index in [0.717, 1.165) is 45.2 Å². The Balaban J connectivity index is 1.68.